The molecular formula is C15H22N3P. The Morgan fingerprint density at radius 2 is 1.68 bits per heavy atom. The van der Waals surface area contributed by atoms with Gasteiger partial charge in [0.2, 0.25) is 0 Å². The number of hydrogen-bond acceptors (Lipinski definition) is 2. The zero-order chi connectivity index (χ0) is 14.5. The van der Waals surface area contributed by atoms with Crippen molar-refractivity contribution >= 4 is 26.0 Å². The largest absolute Gasteiger partial charge is 0.402 e. The van der Waals surface area contributed by atoms with Crippen molar-refractivity contribution in [3.05, 3.63) is 33.8 Å². The highest BCUT2D eigenvalue weighted by molar-refractivity contribution is 7.15. The molecule has 2 heterocycles. The summed E-state index contributed by atoms with van der Waals surface area (Å²) in [6, 6.07) is 0. The normalized spacial score (nSPS) is 13.0. The number of nitrogens with two attached hydrogens (primary N) is 1. The quantitative estimate of drug-likeness (QED) is 0.808. The number of pyridine rings is 1. The molecule has 2 rings (SSSR count). The highest BCUT2D eigenvalue weighted by Gasteiger charge is 2.19. The molecule has 0 amide bonds. The molecule has 1 atom stereocenters. The van der Waals surface area contributed by atoms with E-state index in [1.165, 1.54) is 27.8 Å². The van der Waals surface area contributed by atoms with Gasteiger partial charge in [-0.05, 0) is 67.6 Å². The Hall–Kier alpha value is -1.34. The van der Waals surface area contributed by atoms with Crippen LogP contribution in [0, 0.1) is 27.7 Å². The van der Waals surface area contributed by atoms with Crippen LogP contribution in [0.5, 0.6) is 0 Å². The van der Waals surface area contributed by atoms with Crippen LogP contribution in [0.1, 0.15) is 41.9 Å². The van der Waals surface area contributed by atoms with E-state index in [4.69, 9.17) is 10.7 Å². The Morgan fingerprint density at radius 1 is 1.11 bits per heavy atom. The standard InChI is InChI=1S/C15H22N3P/c1-7-8(2)14-13(9(3)10(4)16)12(6)18(19)15(14)17-11(7)5/h16,19H2,1-6H3/b10-9-. The van der Waals surface area contributed by atoms with Crippen LogP contribution in [0.15, 0.2) is 5.70 Å². The zero-order valence-electron chi connectivity index (χ0n) is 12.5. The van der Waals surface area contributed by atoms with E-state index in [1.807, 2.05) is 6.92 Å². The van der Waals surface area contributed by atoms with Crippen LogP contribution in [0.4, 0.5) is 0 Å². The summed E-state index contributed by atoms with van der Waals surface area (Å²) in [5.41, 5.74) is 15.0. The van der Waals surface area contributed by atoms with Crippen LogP contribution in [0.3, 0.4) is 0 Å². The fourth-order valence-electron chi connectivity index (χ4n) is 2.52. The predicted octanol–water partition coefficient (Wildman–Crippen LogP) is 3.62. The van der Waals surface area contributed by atoms with E-state index in [2.05, 4.69) is 48.3 Å². The molecule has 2 aromatic rings. The molecule has 0 saturated heterocycles. The van der Waals surface area contributed by atoms with E-state index in [-0.39, 0.29) is 0 Å². The van der Waals surface area contributed by atoms with Gasteiger partial charge in [0.05, 0.1) is 0 Å². The van der Waals surface area contributed by atoms with E-state index < -0.39 is 0 Å². The van der Waals surface area contributed by atoms with E-state index in [1.54, 1.807) is 0 Å². The van der Waals surface area contributed by atoms with Crippen LogP contribution < -0.4 is 5.73 Å². The minimum atomic E-state index is 0.859. The van der Waals surface area contributed by atoms with Crippen molar-refractivity contribution in [2.75, 3.05) is 0 Å². The molecule has 19 heavy (non-hydrogen) atoms. The van der Waals surface area contributed by atoms with Crippen LogP contribution in [-0.2, 0) is 0 Å². The van der Waals surface area contributed by atoms with Gasteiger partial charge in [-0.1, -0.05) is 0 Å². The van der Waals surface area contributed by atoms with Crippen molar-refractivity contribution in [3.63, 3.8) is 0 Å². The molecule has 0 spiro atoms. The molecule has 0 fully saturated rings. The van der Waals surface area contributed by atoms with Crippen molar-refractivity contribution in [2.45, 2.75) is 41.5 Å². The van der Waals surface area contributed by atoms with Gasteiger partial charge >= 0.3 is 0 Å². The van der Waals surface area contributed by atoms with Crippen molar-refractivity contribution in [3.8, 4) is 0 Å². The summed E-state index contributed by atoms with van der Waals surface area (Å²) in [6.45, 7) is 12.5. The van der Waals surface area contributed by atoms with E-state index in [0.29, 0.717) is 0 Å². The Morgan fingerprint density at radius 3 is 2.21 bits per heavy atom. The van der Waals surface area contributed by atoms with E-state index >= 15 is 0 Å². The number of aromatic nitrogens is 2. The third-order valence-electron chi connectivity index (χ3n) is 4.15. The highest BCUT2D eigenvalue weighted by Crippen LogP contribution is 2.36. The van der Waals surface area contributed by atoms with Crippen LogP contribution >= 0.6 is 9.39 Å². The van der Waals surface area contributed by atoms with Crippen molar-refractivity contribution < 1.29 is 0 Å². The van der Waals surface area contributed by atoms with Gasteiger partial charge in [-0.2, -0.15) is 0 Å². The second kappa shape index (κ2) is 4.64. The molecule has 2 aromatic heterocycles. The van der Waals surface area contributed by atoms with Gasteiger partial charge in [-0.15, -0.1) is 0 Å². The molecule has 0 aromatic carbocycles. The maximum absolute atomic E-state index is 6.00. The maximum atomic E-state index is 6.00. The molecule has 0 radical (unpaired) electrons. The van der Waals surface area contributed by atoms with Gasteiger partial charge in [0.25, 0.3) is 0 Å². The summed E-state index contributed by atoms with van der Waals surface area (Å²) < 4.78 is 2.08. The number of nitrogens with zero attached hydrogens (tertiary/aromatic N) is 2. The molecular weight excluding hydrogens is 253 g/mol. The lowest BCUT2D eigenvalue weighted by Gasteiger charge is -2.09. The molecule has 0 aliphatic heterocycles. The first-order chi connectivity index (χ1) is 8.77. The van der Waals surface area contributed by atoms with Crippen LogP contribution in [0.2, 0.25) is 0 Å². The average molecular weight is 275 g/mol. The summed E-state index contributed by atoms with van der Waals surface area (Å²) in [5, 5.41) is 1.22. The summed E-state index contributed by atoms with van der Waals surface area (Å²) in [4.78, 5) is 4.74. The first-order valence-electron chi connectivity index (χ1n) is 6.44. The molecule has 1 unspecified atom stereocenters. The molecule has 0 saturated carbocycles. The molecule has 2 N–H and O–H groups in total. The average Bonchev–Trinajstić information content (AvgIpc) is 2.59. The second-order valence-electron chi connectivity index (χ2n) is 5.28. The van der Waals surface area contributed by atoms with E-state index in [9.17, 15) is 0 Å². The summed E-state index contributed by atoms with van der Waals surface area (Å²) in [5.74, 6) is 0. The fourth-order valence-corrected chi connectivity index (χ4v) is 2.83. The smallest absolute Gasteiger partial charge is 0.144 e. The molecule has 3 nitrogen and oxygen atoms in total. The summed E-state index contributed by atoms with van der Waals surface area (Å²) in [6.07, 6.45) is 0. The summed E-state index contributed by atoms with van der Waals surface area (Å²) >= 11 is 0. The van der Waals surface area contributed by atoms with Crippen molar-refractivity contribution in [2.24, 2.45) is 5.73 Å². The van der Waals surface area contributed by atoms with Crippen LogP contribution in [-0.4, -0.2) is 9.32 Å². The van der Waals surface area contributed by atoms with Gasteiger partial charge < -0.3 is 10.1 Å². The second-order valence-corrected chi connectivity index (χ2v) is 5.80. The summed E-state index contributed by atoms with van der Waals surface area (Å²) in [7, 11) is 2.75. The first kappa shape index (κ1) is 14.1. The third kappa shape index (κ3) is 1.97. The van der Waals surface area contributed by atoms with Crippen molar-refractivity contribution in [1.29, 1.82) is 0 Å². The number of allylic oxidation sites excluding steroid dienone is 2. The Balaban J connectivity index is 3.05. The van der Waals surface area contributed by atoms with Gasteiger partial charge in [-0.25, -0.2) is 4.98 Å². The first-order valence-corrected chi connectivity index (χ1v) is 6.96. The number of fused-ring (bicyclic) bond motifs is 1. The molecule has 0 bridgehead atoms. The lowest BCUT2D eigenvalue weighted by molar-refractivity contribution is 1.11. The number of rotatable bonds is 1. The minimum Gasteiger partial charge on any atom is -0.402 e. The molecule has 0 aliphatic rings. The predicted molar refractivity (Wildman–Crippen MR) is 86.2 cm³/mol. The molecule has 0 aliphatic carbocycles. The Kier molecular flexibility index (Phi) is 3.44. The lowest BCUT2D eigenvalue weighted by Crippen LogP contribution is -1.97. The Labute approximate surface area is 117 Å². The van der Waals surface area contributed by atoms with E-state index in [0.717, 1.165) is 22.6 Å². The molecule has 4 heteroatoms. The van der Waals surface area contributed by atoms with Crippen LogP contribution in [0.25, 0.3) is 16.6 Å². The topological polar surface area (TPSA) is 43.8 Å². The Bertz CT molecular complexity index is 704. The maximum Gasteiger partial charge on any atom is 0.144 e. The number of aryl methyl sites for hydroxylation is 2. The lowest BCUT2D eigenvalue weighted by atomic mass is 9.97. The fraction of sp³-hybridized carbons (Fsp3) is 0.400. The number of hydrogen-bond donors (Lipinski definition) is 1. The SMILES string of the molecule is C/C(N)=C(\C)c1c(C)n(P)c2nc(C)c(C)c(C)c12. The van der Waals surface area contributed by atoms with Gasteiger partial charge in [-0.3, -0.25) is 0 Å². The van der Waals surface area contributed by atoms with Gasteiger partial charge in [0, 0.05) is 28.0 Å². The monoisotopic (exact) mass is 275 g/mol. The third-order valence-corrected chi connectivity index (χ3v) is 4.78. The zero-order valence-corrected chi connectivity index (χ0v) is 13.7. The minimum absolute atomic E-state index is 0.859. The van der Waals surface area contributed by atoms with Gasteiger partial charge in [0.1, 0.15) is 5.65 Å². The van der Waals surface area contributed by atoms with Gasteiger partial charge in [0.15, 0.2) is 0 Å². The molecule has 102 valence electrons. The van der Waals surface area contributed by atoms with Crippen molar-refractivity contribution in [1.82, 2.24) is 9.32 Å². The highest BCUT2D eigenvalue weighted by atomic mass is 31.0.